The molecule has 1 aliphatic heterocycles. The summed E-state index contributed by atoms with van der Waals surface area (Å²) in [6.45, 7) is 1.63. The molecule has 1 N–H and O–H groups in total. The highest BCUT2D eigenvalue weighted by Gasteiger charge is 2.26. The maximum Gasteiger partial charge on any atom is 0.101 e. The predicted molar refractivity (Wildman–Crippen MR) is 63.0 cm³/mol. The zero-order chi connectivity index (χ0) is 11.2. The first-order valence-corrected chi connectivity index (χ1v) is 6.63. The van der Waals surface area contributed by atoms with Crippen LogP contribution in [0.3, 0.4) is 0 Å². The number of nitrogens with zero attached hydrogens (tertiary/aromatic N) is 1. The lowest BCUT2D eigenvalue weighted by atomic mass is 9.90. The number of nitriles is 1. The molecule has 2 atom stereocenters. The predicted octanol–water partition coefficient (Wildman–Crippen LogP) is 2.23. The van der Waals surface area contributed by atoms with Gasteiger partial charge < -0.3 is 4.74 Å². The first-order valence-electron chi connectivity index (χ1n) is 6.63. The van der Waals surface area contributed by atoms with E-state index in [-0.39, 0.29) is 6.04 Å². The Labute approximate surface area is 98.2 Å². The number of ether oxygens (including phenoxy) is 1. The SMILES string of the molecule is N#CC(NC1CCCCC1)C1CCCOC1. The van der Waals surface area contributed by atoms with E-state index < -0.39 is 0 Å². The lowest BCUT2D eigenvalue weighted by molar-refractivity contribution is 0.0445. The largest absolute Gasteiger partial charge is 0.381 e. The van der Waals surface area contributed by atoms with Gasteiger partial charge in [0.25, 0.3) is 0 Å². The van der Waals surface area contributed by atoms with Crippen LogP contribution in [0.25, 0.3) is 0 Å². The molecular weight excluding hydrogens is 200 g/mol. The molecule has 16 heavy (non-hydrogen) atoms. The molecule has 0 aromatic carbocycles. The Morgan fingerprint density at radius 3 is 2.56 bits per heavy atom. The van der Waals surface area contributed by atoms with Gasteiger partial charge in [-0.05, 0) is 25.7 Å². The molecule has 3 heteroatoms. The first kappa shape index (κ1) is 11.9. The van der Waals surface area contributed by atoms with Crippen molar-refractivity contribution >= 4 is 0 Å². The normalized spacial score (nSPS) is 29.6. The average Bonchev–Trinajstić information content (AvgIpc) is 2.38. The fraction of sp³-hybridized carbons (Fsp3) is 0.923. The van der Waals surface area contributed by atoms with Crippen molar-refractivity contribution < 1.29 is 4.74 Å². The lowest BCUT2D eigenvalue weighted by Crippen LogP contribution is -2.45. The zero-order valence-corrected chi connectivity index (χ0v) is 9.95. The molecule has 0 bridgehead atoms. The monoisotopic (exact) mass is 222 g/mol. The summed E-state index contributed by atoms with van der Waals surface area (Å²) in [5, 5.41) is 12.8. The second-order valence-corrected chi connectivity index (χ2v) is 5.09. The fourth-order valence-corrected chi connectivity index (χ4v) is 2.83. The molecule has 1 heterocycles. The molecule has 2 aliphatic rings. The van der Waals surface area contributed by atoms with Crippen LogP contribution in [-0.2, 0) is 4.74 Å². The third-order valence-corrected chi connectivity index (χ3v) is 3.83. The van der Waals surface area contributed by atoms with E-state index in [1.807, 2.05) is 0 Å². The summed E-state index contributed by atoms with van der Waals surface area (Å²) in [4.78, 5) is 0. The molecular formula is C13H22N2O. The molecule has 0 amide bonds. The summed E-state index contributed by atoms with van der Waals surface area (Å²) in [5.74, 6) is 0.403. The number of rotatable bonds is 3. The van der Waals surface area contributed by atoms with E-state index in [1.54, 1.807) is 0 Å². The van der Waals surface area contributed by atoms with Crippen LogP contribution >= 0.6 is 0 Å². The zero-order valence-electron chi connectivity index (χ0n) is 9.95. The van der Waals surface area contributed by atoms with E-state index in [9.17, 15) is 5.26 Å². The highest BCUT2D eigenvalue weighted by atomic mass is 16.5. The molecule has 2 fully saturated rings. The minimum absolute atomic E-state index is 0.00315. The molecule has 0 spiro atoms. The Bertz CT molecular complexity index is 237. The lowest BCUT2D eigenvalue weighted by Gasteiger charge is -2.31. The van der Waals surface area contributed by atoms with Gasteiger partial charge >= 0.3 is 0 Å². The smallest absolute Gasteiger partial charge is 0.101 e. The van der Waals surface area contributed by atoms with E-state index in [0.29, 0.717) is 12.0 Å². The molecule has 2 rings (SSSR count). The summed E-state index contributed by atoms with van der Waals surface area (Å²) in [5.41, 5.74) is 0. The van der Waals surface area contributed by atoms with E-state index >= 15 is 0 Å². The Balaban J connectivity index is 1.81. The maximum atomic E-state index is 9.24. The molecule has 2 unspecified atom stereocenters. The Morgan fingerprint density at radius 2 is 1.94 bits per heavy atom. The van der Waals surface area contributed by atoms with Crippen molar-refractivity contribution in [1.82, 2.24) is 5.32 Å². The Hall–Kier alpha value is -0.590. The number of nitrogens with one attached hydrogen (secondary N) is 1. The van der Waals surface area contributed by atoms with E-state index in [2.05, 4.69) is 11.4 Å². The summed E-state index contributed by atoms with van der Waals surface area (Å²) >= 11 is 0. The molecule has 1 saturated heterocycles. The summed E-state index contributed by atoms with van der Waals surface area (Å²) in [6.07, 6.45) is 8.72. The molecule has 0 radical (unpaired) electrons. The highest BCUT2D eigenvalue weighted by molar-refractivity contribution is 4.97. The molecule has 1 saturated carbocycles. The highest BCUT2D eigenvalue weighted by Crippen LogP contribution is 2.22. The van der Waals surface area contributed by atoms with Crippen molar-refractivity contribution in [2.24, 2.45) is 5.92 Å². The first-order chi connectivity index (χ1) is 7.90. The van der Waals surface area contributed by atoms with Crippen LogP contribution in [0.4, 0.5) is 0 Å². The Morgan fingerprint density at radius 1 is 1.12 bits per heavy atom. The average molecular weight is 222 g/mol. The van der Waals surface area contributed by atoms with Crippen LogP contribution < -0.4 is 5.32 Å². The van der Waals surface area contributed by atoms with Gasteiger partial charge in [0.05, 0.1) is 12.7 Å². The van der Waals surface area contributed by atoms with Gasteiger partial charge in [0, 0.05) is 18.6 Å². The molecule has 1 aliphatic carbocycles. The van der Waals surface area contributed by atoms with Gasteiger partial charge in [0.2, 0.25) is 0 Å². The number of hydrogen-bond acceptors (Lipinski definition) is 3. The van der Waals surface area contributed by atoms with Crippen molar-refractivity contribution in [3.63, 3.8) is 0 Å². The quantitative estimate of drug-likeness (QED) is 0.796. The maximum absolute atomic E-state index is 9.24. The van der Waals surface area contributed by atoms with Gasteiger partial charge in [0.1, 0.15) is 6.04 Å². The van der Waals surface area contributed by atoms with Crippen LogP contribution in [0.5, 0.6) is 0 Å². The summed E-state index contributed by atoms with van der Waals surface area (Å²) in [7, 11) is 0. The van der Waals surface area contributed by atoms with Gasteiger partial charge in [-0.15, -0.1) is 0 Å². The molecule has 90 valence electrons. The summed E-state index contributed by atoms with van der Waals surface area (Å²) < 4.78 is 5.46. The summed E-state index contributed by atoms with van der Waals surface area (Å²) in [6, 6.07) is 3.00. The molecule has 3 nitrogen and oxygen atoms in total. The van der Waals surface area contributed by atoms with Crippen molar-refractivity contribution in [3.05, 3.63) is 0 Å². The Kier molecular flexibility index (Phi) is 4.62. The standard InChI is InChI=1S/C13H22N2O/c14-9-13(11-5-4-8-16-10-11)15-12-6-2-1-3-7-12/h11-13,15H,1-8,10H2. The van der Waals surface area contributed by atoms with Gasteiger partial charge in [0.15, 0.2) is 0 Å². The third-order valence-electron chi connectivity index (χ3n) is 3.83. The minimum atomic E-state index is 0.00315. The van der Waals surface area contributed by atoms with E-state index in [4.69, 9.17) is 4.74 Å². The van der Waals surface area contributed by atoms with Crippen LogP contribution in [0.2, 0.25) is 0 Å². The second kappa shape index (κ2) is 6.22. The van der Waals surface area contributed by atoms with Crippen LogP contribution in [0, 0.1) is 17.2 Å². The van der Waals surface area contributed by atoms with Gasteiger partial charge in [-0.25, -0.2) is 0 Å². The fourth-order valence-electron chi connectivity index (χ4n) is 2.83. The van der Waals surface area contributed by atoms with Gasteiger partial charge in [-0.1, -0.05) is 19.3 Å². The van der Waals surface area contributed by atoms with Crippen LogP contribution in [-0.4, -0.2) is 25.3 Å². The van der Waals surface area contributed by atoms with Crippen molar-refractivity contribution in [1.29, 1.82) is 5.26 Å². The van der Waals surface area contributed by atoms with Crippen molar-refractivity contribution in [2.75, 3.05) is 13.2 Å². The minimum Gasteiger partial charge on any atom is -0.381 e. The second-order valence-electron chi connectivity index (χ2n) is 5.09. The van der Waals surface area contributed by atoms with Crippen molar-refractivity contribution in [2.45, 2.75) is 57.0 Å². The van der Waals surface area contributed by atoms with E-state index in [1.165, 1.54) is 32.1 Å². The van der Waals surface area contributed by atoms with Crippen LogP contribution in [0.15, 0.2) is 0 Å². The molecule has 0 aromatic rings. The van der Waals surface area contributed by atoms with Crippen molar-refractivity contribution in [3.8, 4) is 6.07 Å². The molecule has 0 aromatic heterocycles. The topological polar surface area (TPSA) is 45.0 Å². The van der Waals surface area contributed by atoms with Crippen LogP contribution in [0.1, 0.15) is 44.9 Å². The van der Waals surface area contributed by atoms with E-state index in [0.717, 1.165) is 26.1 Å². The number of hydrogen-bond donors (Lipinski definition) is 1. The van der Waals surface area contributed by atoms with Gasteiger partial charge in [-0.2, -0.15) is 5.26 Å². The third kappa shape index (κ3) is 3.20. The van der Waals surface area contributed by atoms with Gasteiger partial charge in [-0.3, -0.25) is 5.32 Å².